The summed E-state index contributed by atoms with van der Waals surface area (Å²) in [4.78, 5) is 20.4. The Kier molecular flexibility index (Phi) is 6.14. The van der Waals surface area contributed by atoms with Gasteiger partial charge in [-0.3, -0.25) is 4.79 Å². The number of methoxy groups -OCH3 is 2. The van der Waals surface area contributed by atoms with Crippen molar-refractivity contribution in [1.29, 1.82) is 0 Å². The smallest absolute Gasteiger partial charge is 0.259 e. The molecule has 0 unspecified atom stereocenters. The number of nitrogens with one attached hydrogen (secondary N) is 2. The highest BCUT2D eigenvalue weighted by Crippen LogP contribution is 2.27. The SMILES string of the molecule is COCCOc1ccc(-c2cc3cc(NC(=O)c4ccccc4OC)cnc3[nH]2)cc1. The second-order valence-corrected chi connectivity index (χ2v) is 6.86. The molecule has 1 amide bonds. The van der Waals surface area contributed by atoms with Crippen molar-refractivity contribution in [3.05, 3.63) is 72.4 Å². The fraction of sp³-hybridized carbons (Fsp3) is 0.167. The van der Waals surface area contributed by atoms with Crippen LogP contribution < -0.4 is 14.8 Å². The number of aromatic amines is 1. The van der Waals surface area contributed by atoms with Gasteiger partial charge in [0, 0.05) is 18.2 Å². The van der Waals surface area contributed by atoms with Gasteiger partial charge < -0.3 is 24.5 Å². The molecule has 4 rings (SSSR count). The summed E-state index contributed by atoms with van der Waals surface area (Å²) in [6, 6.07) is 18.8. The largest absolute Gasteiger partial charge is 0.496 e. The zero-order valence-corrected chi connectivity index (χ0v) is 17.3. The molecule has 7 heteroatoms. The molecule has 2 N–H and O–H groups in total. The van der Waals surface area contributed by atoms with Crippen LogP contribution in [0.15, 0.2) is 66.9 Å². The first-order chi connectivity index (χ1) is 15.2. The van der Waals surface area contributed by atoms with Crippen LogP contribution in [0.1, 0.15) is 10.4 Å². The zero-order chi connectivity index (χ0) is 21.6. The van der Waals surface area contributed by atoms with Gasteiger partial charge in [-0.05, 0) is 54.1 Å². The number of benzene rings is 2. The normalized spacial score (nSPS) is 10.8. The summed E-state index contributed by atoms with van der Waals surface area (Å²) in [5, 5.41) is 3.78. The van der Waals surface area contributed by atoms with E-state index in [4.69, 9.17) is 14.2 Å². The summed E-state index contributed by atoms with van der Waals surface area (Å²) in [6.45, 7) is 1.06. The van der Waals surface area contributed by atoms with E-state index in [1.54, 1.807) is 38.6 Å². The summed E-state index contributed by atoms with van der Waals surface area (Å²) in [5.41, 5.74) is 3.75. The predicted molar refractivity (Wildman–Crippen MR) is 120 cm³/mol. The molecule has 0 bridgehead atoms. The molecule has 0 aliphatic heterocycles. The van der Waals surface area contributed by atoms with Crippen LogP contribution in [0.3, 0.4) is 0 Å². The monoisotopic (exact) mass is 417 g/mol. The highest BCUT2D eigenvalue weighted by Gasteiger charge is 2.13. The van der Waals surface area contributed by atoms with Crippen molar-refractivity contribution in [3.63, 3.8) is 0 Å². The molecule has 0 radical (unpaired) electrons. The first-order valence-corrected chi connectivity index (χ1v) is 9.83. The lowest BCUT2D eigenvalue weighted by molar-refractivity contribution is 0.102. The molecule has 0 saturated heterocycles. The third-order valence-electron chi connectivity index (χ3n) is 4.80. The second-order valence-electron chi connectivity index (χ2n) is 6.86. The molecule has 31 heavy (non-hydrogen) atoms. The van der Waals surface area contributed by atoms with Crippen molar-refractivity contribution in [3.8, 4) is 22.8 Å². The highest BCUT2D eigenvalue weighted by molar-refractivity contribution is 6.06. The molecule has 0 fully saturated rings. The standard InChI is InChI=1S/C24H23N3O4/c1-29-11-12-31-19-9-7-16(8-10-19)21-14-17-13-18(15-25-23(17)27-21)26-24(28)20-5-3-4-6-22(20)30-2/h3-10,13-15H,11-12H2,1-2H3,(H,25,27)(H,26,28). The predicted octanol–water partition coefficient (Wildman–Crippen LogP) is 4.52. The maximum atomic E-state index is 12.6. The molecule has 0 aliphatic rings. The van der Waals surface area contributed by atoms with Crippen molar-refractivity contribution < 1.29 is 19.0 Å². The van der Waals surface area contributed by atoms with E-state index in [9.17, 15) is 4.79 Å². The Morgan fingerprint density at radius 2 is 1.84 bits per heavy atom. The lowest BCUT2D eigenvalue weighted by atomic mass is 10.1. The summed E-state index contributed by atoms with van der Waals surface area (Å²) >= 11 is 0. The van der Waals surface area contributed by atoms with Crippen LogP contribution in [-0.2, 0) is 4.74 Å². The first kappa shape index (κ1) is 20.4. The molecule has 4 aromatic rings. The number of amides is 1. The number of carbonyl (C=O) groups excluding carboxylic acids is 1. The Hall–Kier alpha value is -3.84. The van der Waals surface area contributed by atoms with E-state index in [-0.39, 0.29) is 5.91 Å². The number of para-hydroxylation sites is 1. The van der Waals surface area contributed by atoms with E-state index < -0.39 is 0 Å². The van der Waals surface area contributed by atoms with Gasteiger partial charge in [-0.15, -0.1) is 0 Å². The van der Waals surface area contributed by atoms with Gasteiger partial charge in [0.05, 0.1) is 31.2 Å². The quantitative estimate of drug-likeness (QED) is 0.412. The molecule has 0 atom stereocenters. The number of aromatic nitrogens is 2. The van der Waals surface area contributed by atoms with Crippen LogP contribution in [-0.4, -0.2) is 43.3 Å². The minimum absolute atomic E-state index is 0.251. The number of fused-ring (bicyclic) bond motifs is 1. The Labute approximate surface area is 180 Å². The average Bonchev–Trinajstić information content (AvgIpc) is 3.23. The Bertz CT molecular complexity index is 1190. The molecule has 0 aliphatic carbocycles. The Morgan fingerprint density at radius 1 is 1.03 bits per heavy atom. The molecule has 0 spiro atoms. The highest BCUT2D eigenvalue weighted by atomic mass is 16.5. The minimum Gasteiger partial charge on any atom is -0.496 e. The number of nitrogens with zero attached hydrogens (tertiary/aromatic N) is 1. The number of ether oxygens (including phenoxy) is 3. The molecular formula is C24H23N3O4. The van der Waals surface area contributed by atoms with Crippen LogP contribution in [0.2, 0.25) is 0 Å². The van der Waals surface area contributed by atoms with Gasteiger partial charge in [0.15, 0.2) is 0 Å². The van der Waals surface area contributed by atoms with E-state index in [0.29, 0.717) is 30.2 Å². The minimum atomic E-state index is -0.251. The van der Waals surface area contributed by atoms with Gasteiger partial charge in [0.25, 0.3) is 5.91 Å². The zero-order valence-electron chi connectivity index (χ0n) is 17.3. The van der Waals surface area contributed by atoms with E-state index in [2.05, 4.69) is 15.3 Å². The third-order valence-corrected chi connectivity index (χ3v) is 4.80. The van der Waals surface area contributed by atoms with Crippen LogP contribution in [0.25, 0.3) is 22.3 Å². The number of anilines is 1. The maximum Gasteiger partial charge on any atom is 0.259 e. The fourth-order valence-electron chi connectivity index (χ4n) is 3.24. The van der Waals surface area contributed by atoms with E-state index in [1.165, 1.54) is 0 Å². The number of H-pyrrole nitrogens is 1. The van der Waals surface area contributed by atoms with Crippen molar-refractivity contribution in [2.75, 3.05) is 32.8 Å². The topological polar surface area (TPSA) is 85.5 Å². The number of rotatable bonds is 8. The molecule has 2 heterocycles. The van der Waals surface area contributed by atoms with Gasteiger partial charge >= 0.3 is 0 Å². The van der Waals surface area contributed by atoms with E-state index in [0.717, 1.165) is 28.0 Å². The number of hydrogen-bond acceptors (Lipinski definition) is 5. The molecule has 2 aromatic heterocycles. The lowest BCUT2D eigenvalue weighted by Crippen LogP contribution is -2.13. The van der Waals surface area contributed by atoms with Crippen LogP contribution >= 0.6 is 0 Å². The summed E-state index contributed by atoms with van der Waals surface area (Å²) in [6.07, 6.45) is 1.63. The molecule has 158 valence electrons. The number of pyridine rings is 1. The van der Waals surface area contributed by atoms with E-state index >= 15 is 0 Å². The average molecular weight is 417 g/mol. The van der Waals surface area contributed by atoms with Gasteiger partial charge in [0.1, 0.15) is 23.8 Å². The number of hydrogen-bond donors (Lipinski definition) is 2. The Morgan fingerprint density at radius 3 is 2.61 bits per heavy atom. The van der Waals surface area contributed by atoms with Crippen LogP contribution in [0, 0.1) is 0 Å². The van der Waals surface area contributed by atoms with Gasteiger partial charge in [-0.1, -0.05) is 12.1 Å². The van der Waals surface area contributed by atoms with Crippen molar-refractivity contribution in [1.82, 2.24) is 9.97 Å². The van der Waals surface area contributed by atoms with Crippen molar-refractivity contribution in [2.45, 2.75) is 0 Å². The van der Waals surface area contributed by atoms with E-state index in [1.807, 2.05) is 42.5 Å². The summed E-state index contributed by atoms with van der Waals surface area (Å²) in [7, 11) is 3.19. The van der Waals surface area contributed by atoms with Crippen molar-refractivity contribution in [2.24, 2.45) is 0 Å². The maximum absolute atomic E-state index is 12.6. The van der Waals surface area contributed by atoms with Crippen LogP contribution in [0.4, 0.5) is 5.69 Å². The van der Waals surface area contributed by atoms with Gasteiger partial charge in [-0.25, -0.2) is 4.98 Å². The summed E-state index contributed by atoms with van der Waals surface area (Å²) in [5.74, 6) is 1.06. The molecule has 2 aromatic carbocycles. The molecule has 0 saturated carbocycles. The summed E-state index contributed by atoms with van der Waals surface area (Å²) < 4.78 is 15.9. The molecular weight excluding hydrogens is 394 g/mol. The lowest BCUT2D eigenvalue weighted by Gasteiger charge is -2.08. The number of carbonyl (C=O) groups is 1. The first-order valence-electron chi connectivity index (χ1n) is 9.83. The molecule has 7 nitrogen and oxygen atoms in total. The van der Waals surface area contributed by atoms with Crippen LogP contribution in [0.5, 0.6) is 11.5 Å². The second kappa shape index (κ2) is 9.32. The van der Waals surface area contributed by atoms with Crippen molar-refractivity contribution >= 4 is 22.6 Å². The third kappa shape index (κ3) is 4.67. The fourth-order valence-corrected chi connectivity index (χ4v) is 3.24. The van der Waals surface area contributed by atoms with Gasteiger partial charge in [-0.2, -0.15) is 0 Å². The Balaban J connectivity index is 1.51. The van der Waals surface area contributed by atoms with Gasteiger partial charge in [0.2, 0.25) is 0 Å².